The Labute approximate surface area is 117 Å². The number of hydrogen-bond acceptors (Lipinski definition) is 4. The SMILES string of the molecule is CC1CN(C(CN)c2occc2Br)CC(C)N1C. The van der Waals surface area contributed by atoms with Crippen molar-refractivity contribution in [3.05, 3.63) is 22.6 Å². The van der Waals surface area contributed by atoms with Crippen molar-refractivity contribution in [2.45, 2.75) is 32.0 Å². The first kappa shape index (κ1) is 14.1. The summed E-state index contributed by atoms with van der Waals surface area (Å²) in [6.07, 6.45) is 1.71. The number of hydrogen-bond donors (Lipinski definition) is 1. The molecule has 18 heavy (non-hydrogen) atoms. The molecule has 0 radical (unpaired) electrons. The molecule has 3 atom stereocenters. The number of nitrogens with zero attached hydrogens (tertiary/aromatic N) is 2. The van der Waals surface area contributed by atoms with Gasteiger partial charge in [0.05, 0.1) is 16.8 Å². The molecule has 1 aliphatic heterocycles. The second-order valence-electron chi connectivity index (χ2n) is 5.20. The number of nitrogens with two attached hydrogens (primary N) is 1. The summed E-state index contributed by atoms with van der Waals surface area (Å²) in [5, 5.41) is 0. The Hall–Kier alpha value is -0.360. The quantitative estimate of drug-likeness (QED) is 0.927. The van der Waals surface area contributed by atoms with E-state index in [0.29, 0.717) is 18.6 Å². The van der Waals surface area contributed by atoms with Crippen LogP contribution in [0.25, 0.3) is 0 Å². The molecule has 0 aromatic carbocycles. The van der Waals surface area contributed by atoms with E-state index >= 15 is 0 Å². The van der Waals surface area contributed by atoms with Crippen molar-refractivity contribution in [1.82, 2.24) is 9.80 Å². The van der Waals surface area contributed by atoms with E-state index in [1.54, 1.807) is 6.26 Å². The van der Waals surface area contributed by atoms with Crippen LogP contribution in [-0.2, 0) is 0 Å². The molecule has 2 N–H and O–H groups in total. The fourth-order valence-electron chi connectivity index (χ4n) is 2.66. The Bertz CT molecular complexity index is 383. The molecule has 2 rings (SSSR count). The summed E-state index contributed by atoms with van der Waals surface area (Å²) in [5.41, 5.74) is 5.95. The average Bonchev–Trinajstić information content (AvgIpc) is 2.74. The monoisotopic (exact) mass is 315 g/mol. The third kappa shape index (κ3) is 2.64. The van der Waals surface area contributed by atoms with Gasteiger partial charge in [-0.15, -0.1) is 0 Å². The molecule has 0 spiro atoms. The third-order valence-corrected chi connectivity index (χ3v) is 4.65. The van der Waals surface area contributed by atoms with Crippen LogP contribution in [0.2, 0.25) is 0 Å². The van der Waals surface area contributed by atoms with Crippen molar-refractivity contribution in [2.75, 3.05) is 26.7 Å². The van der Waals surface area contributed by atoms with E-state index < -0.39 is 0 Å². The molecule has 0 amide bonds. The molecule has 1 saturated heterocycles. The zero-order valence-corrected chi connectivity index (χ0v) is 12.9. The highest BCUT2D eigenvalue weighted by Gasteiger charge is 2.32. The smallest absolute Gasteiger partial charge is 0.136 e. The molecule has 0 saturated carbocycles. The molecular weight excluding hydrogens is 294 g/mol. The van der Waals surface area contributed by atoms with Crippen LogP contribution in [0.1, 0.15) is 25.6 Å². The second kappa shape index (κ2) is 5.74. The van der Waals surface area contributed by atoms with Gasteiger partial charge in [-0.05, 0) is 42.9 Å². The van der Waals surface area contributed by atoms with Gasteiger partial charge < -0.3 is 10.2 Å². The van der Waals surface area contributed by atoms with Crippen molar-refractivity contribution in [1.29, 1.82) is 0 Å². The second-order valence-corrected chi connectivity index (χ2v) is 6.06. The third-order valence-electron chi connectivity index (χ3n) is 4.00. The Morgan fingerprint density at radius 2 is 2.06 bits per heavy atom. The number of halogens is 1. The van der Waals surface area contributed by atoms with Crippen LogP contribution in [0.3, 0.4) is 0 Å². The lowest BCUT2D eigenvalue weighted by Crippen LogP contribution is -2.56. The maximum atomic E-state index is 5.95. The number of furan rings is 1. The van der Waals surface area contributed by atoms with E-state index in [9.17, 15) is 0 Å². The van der Waals surface area contributed by atoms with Gasteiger partial charge in [-0.25, -0.2) is 0 Å². The van der Waals surface area contributed by atoms with E-state index in [1.807, 2.05) is 6.07 Å². The highest BCUT2D eigenvalue weighted by atomic mass is 79.9. The Balaban J connectivity index is 2.17. The molecule has 1 fully saturated rings. The summed E-state index contributed by atoms with van der Waals surface area (Å²) in [7, 11) is 2.19. The standard InChI is InChI=1S/C13H22BrN3O/c1-9-7-17(8-10(2)16(9)3)12(6-15)13-11(14)4-5-18-13/h4-5,9-10,12H,6-8,15H2,1-3H3. The maximum Gasteiger partial charge on any atom is 0.136 e. The molecule has 102 valence electrons. The number of rotatable bonds is 3. The zero-order valence-electron chi connectivity index (χ0n) is 11.3. The maximum absolute atomic E-state index is 5.95. The van der Waals surface area contributed by atoms with E-state index in [4.69, 9.17) is 10.2 Å². The summed E-state index contributed by atoms with van der Waals surface area (Å²) in [6, 6.07) is 3.17. The van der Waals surface area contributed by atoms with E-state index in [-0.39, 0.29) is 6.04 Å². The molecular formula is C13H22BrN3O. The van der Waals surface area contributed by atoms with Crippen molar-refractivity contribution < 1.29 is 4.42 Å². The molecule has 1 aromatic heterocycles. The highest BCUT2D eigenvalue weighted by Crippen LogP contribution is 2.30. The molecule has 4 nitrogen and oxygen atoms in total. The lowest BCUT2D eigenvalue weighted by Gasteiger charge is -2.45. The van der Waals surface area contributed by atoms with E-state index in [1.165, 1.54) is 0 Å². The lowest BCUT2D eigenvalue weighted by atomic mass is 10.1. The number of likely N-dealkylation sites (N-methyl/N-ethyl adjacent to an activating group) is 1. The van der Waals surface area contributed by atoms with Crippen molar-refractivity contribution in [3.63, 3.8) is 0 Å². The van der Waals surface area contributed by atoms with E-state index in [0.717, 1.165) is 23.3 Å². The molecule has 1 aliphatic rings. The Morgan fingerprint density at radius 1 is 1.44 bits per heavy atom. The zero-order chi connectivity index (χ0) is 13.3. The topological polar surface area (TPSA) is 45.6 Å². The fraction of sp³-hybridized carbons (Fsp3) is 0.692. The Kier molecular flexibility index (Phi) is 4.48. The van der Waals surface area contributed by atoms with Crippen LogP contribution >= 0.6 is 15.9 Å². The van der Waals surface area contributed by atoms with Crippen LogP contribution < -0.4 is 5.73 Å². The van der Waals surface area contributed by atoms with Gasteiger partial charge in [0.25, 0.3) is 0 Å². The predicted molar refractivity (Wildman–Crippen MR) is 76.5 cm³/mol. The summed E-state index contributed by atoms with van der Waals surface area (Å²) >= 11 is 3.53. The summed E-state index contributed by atoms with van der Waals surface area (Å²) in [5.74, 6) is 0.946. The van der Waals surface area contributed by atoms with Gasteiger partial charge in [-0.2, -0.15) is 0 Å². The van der Waals surface area contributed by atoms with Gasteiger partial charge in [0.15, 0.2) is 0 Å². The lowest BCUT2D eigenvalue weighted by molar-refractivity contribution is 0.0294. The normalized spacial score (nSPS) is 28.5. The van der Waals surface area contributed by atoms with Gasteiger partial charge in [-0.1, -0.05) is 0 Å². The van der Waals surface area contributed by atoms with Gasteiger partial charge in [0.1, 0.15) is 5.76 Å². The molecule has 1 aromatic rings. The van der Waals surface area contributed by atoms with Gasteiger partial charge in [0, 0.05) is 31.7 Å². The molecule has 0 bridgehead atoms. The minimum Gasteiger partial charge on any atom is -0.466 e. The van der Waals surface area contributed by atoms with Gasteiger partial charge in [0.2, 0.25) is 0 Å². The largest absolute Gasteiger partial charge is 0.466 e. The fourth-order valence-corrected chi connectivity index (χ4v) is 3.13. The first-order valence-electron chi connectivity index (χ1n) is 6.43. The average molecular weight is 316 g/mol. The highest BCUT2D eigenvalue weighted by molar-refractivity contribution is 9.10. The first-order chi connectivity index (χ1) is 8.54. The number of piperazine rings is 1. The summed E-state index contributed by atoms with van der Waals surface area (Å²) < 4.78 is 6.60. The van der Waals surface area contributed by atoms with Crippen molar-refractivity contribution in [3.8, 4) is 0 Å². The van der Waals surface area contributed by atoms with Crippen LogP contribution in [-0.4, -0.2) is 48.6 Å². The van der Waals surface area contributed by atoms with Crippen LogP contribution in [0.15, 0.2) is 21.2 Å². The Morgan fingerprint density at radius 3 is 2.50 bits per heavy atom. The minimum absolute atomic E-state index is 0.160. The first-order valence-corrected chi connectivity index (χ1v) is 7.22. The van der Waals surface area contributed by atoms with Gasteiger partial charge in [-0.3, -0.25) is 9.80 Å². The molecule has 3 unspecified atom stereocenters. The van der Waals surface area contributed by atoms with Crippen molar-refractivity contribution in [2.24, 2.45) is 5.73 Å². The van der Waals surface area contributed by atoms with E-state index in [2.05, 4.69) is 46.6 Å². The van der Waals surface area contributed by atoms with Crippen LogP contribution in [0, 0.1) is 0 Å². The minimum atomic E-state index is 0.160. The summed E-state index contributed by atoms with van der Waals surface area (Å²) in [6.45, 7) is 7.14. The molecule has 2 heterocycles. The van der Waals surface area contributed by atoms with Gasteiger partial charge >= 0.3 is 0 Å². The van der Waals surface area contributed by atoms with Crippen LogP contribution in [0.4, 0.5) is 0 Å². The predicted octanol–water partition coefficient (Wildman–Crippen LogP) is 2.07. The molecule has 5 heteroatoms. The molecule has 0 aliphatic carbocycles. The van der Waals surface area contributed by atoms with Crippen LogP contribution in [0.5, 0.6) is 0 Å². The van der Waals surface area contributed by atoms with Crippen molar-refractivity contribution >= 4 is 15.9 Å². The summed E-state index contributed by atoms with van der Waals surface area (Å²) in [4.78, 5) is 4.85.